The Bertz CT molecular complexity index is 1900. The summed E-state index contributed by atoms with van der Waals surface area (Å²) in [5.41, 5.74) is 12.6. The molecule has 5 nitrogen and oxygen atoms in total. The Hall–Kier alpha value is -5.03. The molecule has 0 aromatic heterocycles. The quantitative estimate of drug-likeness (QED) is 0.173. The summed E-state index contributed by atoms with van der Waals surface area (Å²) in [5.74, 6) is -0.00784. The van der Waals surface area contributed by atoms with Crippen molar-refractivity contribution in [2.45, 2.75) is 52.0 Å². The van der Waals surface area contributed by atoms with Gasteiger partial charge >= 0.3 is 0 Å². The zero-order valence-corrected chi connectivity index (χ0v) is 25.1. The first-order valence-corrected chi connectivity index (χ1v) is 15.4. The highest BCUT2D eigenvalue weighted by atomic mass is 16.3. The van der Waals surface area contributed by atoms with Crippen LogP contribution in [0.1, 0.15) is 76.7 Å². The zero-order valence-electron chi connectivity index (χ0n) is 25.1. The maximum Gasteiger partial charge on any atom is 0.201 e. The minimum Gasteiger partial charge on any atom is -0.504 e. The molecule has 0 amide bonds. The van der Waals surface area contributed by atoms with E-state index in [-0.39, 0.29) is 17.5 Å². The topological polar surface area (TPSA) is 85.1 Å². The van der Waals surface area contributed by atoms with E-state index < -0.39 is 5.75 Å². The van der Waals surface area contributed by atoms with Gasteiger partial charge in [0.15, 0.2) is 11.5 Å². The Morgan fingerprint density at radius 3 is 2.34 bits per heavy atom. The van der Waals surface area contributed by atoms with Gasteiger partial charge in [0.2, 0.25) is 5.75 Å². The molecule has 1 unspecified atom stereocenters. The fourth-order valence-corrected chi connectivity index (χ4v) is 6.94. The lowest BCUT2D eigenvalue weighted by atomic mass is 9.84. The van der Waals surface area contributed by atoms with Gasteiger partial charge < -0.3 is 20.6 Å². The SMILES string of the molecule is CCCc1c(C)c(C2=CC3=C(CC2)c2cc(C4=NC(c5ccccc5)=CC(c5ccccc5)N4)ccc2C3)c(O)c(O)c1O. The summed E-state index contributed by atoms with van der Waals surface area (Å²) < 4.78 is 0. The van der Waals surface area contributed by atoms with E-state index in [2.05, 4.69) is 72.1 Å². The first-order valence-electron chi connectivity index (χ1n) is 15.4. The number of nitrogens with zero attached hydrogens (tertiary/aromatic N) is 1. The fraction of sp³-hybridized carbons (Fsp3) is 0.205. The number of rotatable bonds is 6. The molecular formula is C39H36N2O3. The highest BCUT2D eigenvalue weighted by Gasteiger charge is 2.29. The van der Waals surface area contributed by atoms with Crippen molar-refractivity contribution in [3.8, 4) is 17.2 Å². The second kappa shape index (κ2) is 11.2. The molecule has 4 N–H and O–H groups in total. The highest BCUT2D eigenvalue weighted by Crippen LogP contribution is 2.50. The molecule has 1 aliphatic heterocycles. The summed E-state index contributed by atoms with van der Waals surface area (Å²) in [6.07, 6.45) is 8.25. The number of benzene rings is 4. The van der Waals surface area contributed by atoms with Crippen LogP contribution >= 0.6 is 0 Å². The molecule has 7 rings (SSSR count). The van der Waals surface area contributed by atoms with Crippen molar-refractivity contribution < 1.29 is 15.3 Å². The predicted molar refractivity (Wildman–Crippen MR) is 178 cm³/mol. The highest BCUT2D eigenvalue weighted by molar-refractivity contribution is 6.04. The van der Waals surface area contributed by atoms with Crippen LogP contribution in [0.25, 0.3) is 16.8 Å². The van der Waals surface area contributed by atoms with Crippen LogP contribution in [0.2, 0.25) is 0 Å². The molecule has 0 fully saturated rings. The van der Waals surface area contributed by atoms with Crippen molar-refractivity contribution in [1.82, 2.24) is 5.32 Å². The van der Waals surface area contributed by atoms with Crippen LogP contribution in [-0.4, -0.2) is 21.2 Å². The fourth-order valence-electron chi connectivity index (χ4n) is 6.94. The number of allylic oxidation sites excluding steroid dienone is 4. The van der Waals surface area contributed by atoms with Gasteiger partial charge in [0, 0.05) is 16.7 Å². The Kier molecular flexibility index (Phi) is 7.09. The maximum absolute atomic E-state index is 10.9. The molecule has 0 bridgehead atoms. The van der Waals surface area contributed by atoms with E-state index in [1.807, 2.05) is 38.1 Å². The van der Waals surface area contributed by atoms with Gasteiger partial charge in [-0.15, -0.1) is 0 Å². The van der Waals surface area contributed by atoms with Gasteiger partial charge in [0.1, 0.15) is 5.84 Å². The summed E-state index contributed by atoms with van der Waals surface area (Å²) in [6, 6.07) is 27.4. The largest absolute Gasteiger partial charge is 0.504 e. The Morgan fingerprint density at radius 1 is 0.841 bits per heavy atom. The van der Waals surface area contributed by atoms with Crippen LogP contribution in [-0.2, 0) is 12.8 Å². The number of phenolic OH excluding ortho intramolecular Hbond substituents is 3. The van der Waals surface area contributed by atoms with Crippen molar-refractivity contribution in [2.75, 3.05) is 0 Å². The van der Waals surface area contributed by atoms with Gasteiger partial charge in [0.25, 0.3) is 0 Å². The lowest BCUT2D eigenvalue weighted by Crippen LogP contribution is -2.31. The molecule has 1 atom stereocenters. The van der Waals surface area contributed by atoms with E-state index >= 15 is 0 Å². The Balaban J connectivity index is 1.26. The molecule has 0 saturated carbocycles. The van der Waals surface area contributed by atoms with Gasteiger partial charge in [-0.2, -0.15) is 0 Å². The molecular weight excluding hydrogens is 544 g/mol. The van der Waals surface area contributed by atoms with E-state index in [0.717, 1.165) is 59.5 Å². The van der Waals surface area contributed by atoms with Gasteiger partial charge in [-0.3, -0.25) is 0 Å². The molecule has 2 aliphatic carbocycles. The number of amidine groups is 1. The van der Waals surface area contributed by atoms with E-state index in [1.54, 1.807) is 0 Å². The second-order valence-electron chi connectivity index (χ2n) is 11.9. The van der Waals surface area contributed by atoms with Crippen molar-refractivity contribution in [3.05, 3.63) is 141 Å². The van der Waals surface area contributed by atoms with Gasteiger partial charge in [-0.25, -0.2) is 4.99 Å². The van der Waals surface area contributed by atoms with Gasteiger partial charge in [-0.05, 0) is 89.3 Å². The Labute approximate surface area is 258 Å². The monoisotopic (exact) mass is 580 g/mol. The first kappa shape index (κ1) is 27.8. The number of aliphatic imine (C=N–C) groups is 1. The lowest BCUT2D eigenvalue weighted by Gasteiger charge is -2.25. The number of aromatic hydroxyl groups is 3. The lowest BCUT2D eigenvalue weighted by molar-refractivity contribution is 0.363. The smallest absolute Gasteiger partial charge is 0.201 e. The number of hydrogen-bond acceptors (Lipinski definition) is 5. The molecule has 0 saturated heterocycles. The molecule has 44 heavy (non-hydrogen) atoms. The van der Waals surface area contributed by atoms with Crippen molar-refractivity contribution >= 4 is 22.7 Å². The summed E-state index contributed by atoms with van der Waals surface area (Å²) in [7, 11) is 0. The summed E-state index contributed by atoms with van der Waals surface area (Å²) in [6.45, 7) is 3.97. The maximum atomic E-state index is 10.9. The minimum atomic E-state index is -0.424. The molecule has 4 aromatic carbocycles. The average molecular weight is 581 g/mol. The zero-order chi connectivity index (χ0) is 30.4. The molecule has 0 radical (unpaired) electrons. The third kappa shape index (κ3) is 4.79. The third-order valence-electron chi connectivity index (χ3n) is 9.17. The van der Waals surface area contributed by atoms with Crippen molar-refractivity contribution in [2.24, 2.45) is 4.99 Å². The number of hydrogen-bond donors (Lipinski definition) is 4. The molecule has 3 aliphatic rings. The normalized spacial score (nSPS) is 17.3. The number of nitrogens with one attached hydrogen (secondary N) is 1. The molecule has 0 spiro atoms. The van der Waals surface area contributed by atoms with E-state index in [0.29, 0.717) is 17.5 Å². The van der Waals surface area contributed by atoms with Crippen molar-refractivity contribution in [3.63, 3.8) is 0 Å². The van der Waals surface area contributed by atoms with Crippen LogP contribution in [0, 0.1) is 6.92 Å². The summed E-state index contributed by atoms with van der Waals surface area (Å²) in [5, 5.41) is 35.7. The van der Waals surface area contributed by atoms with Crippen LogP contribution in [0.5, 0.6) is 17.2 Å². The number of fused-ring (bicyclic) bond motifs is 2. The number of phenols is 3. The van der Waals surface area contributed by atoms with E-state index in [4.69, 9.17) is 4.99 Å². The third-order valence-corrected chi connectivity index (χ3v) is 9.17. The molecule has 5 heteroatoms. The standard InChI is InChI=1S/C39H36N2O3/c1-3-10-30-23(2)35(37(43)38(44)36(30)42)27-17-18-31-29(20-27)19-26-15-16-28(21-32(26)31)39-40-33(24-11-6-4-7-12-24)22-34(41-39)25-13-8-5-9-14-25/h4-9,11-16,20-22,33,42-44H,3,10,17-19H2,1-2H3,(H,40,41). The van der Waals surface area contributed by atoms with E-state index in [9.17, 15) is 15.3 Å². The van der Waals surface area contributed by atoms with Gasteiger partial charge in [-0.1, -0.05) is 92.2 Å². The average Bonchev–Trinajstić information content (AvgIpc) is 3.43. The van der Waals surface area contributed by atoms with Crippen LogP contribution in [0.4, 0.5) is 0 Å². The second-order valence-corrected chi connectivity index (χ2v) is 11.9. The predicted octanol–water partition coefficient (Wildman–Crippen LogP) is 8.38. The minimum absolute atomic E-state index is 0.00245. The first-order chi connectivity index (χ1) is 21.4. The summed E-state index contributed by atoms with van der Waals surface area (Å²) in [4.78, 5) is 5.10. The Morgan fingerprint density at radius 2 is 1.59 bits per heavy atom. The molecule has 220 valence electrons. The molecule has 4 aromatic rings. The summed E-state index contributed by atoms with van der Waals surface area (Å²) >= 11 is 0. The van der Waals surface area contributed by atoms with Crippen LogP contribution in [0.15, 0.2) is 102 Å². The van der Waals surface area contributed by atoms with Crippen LogP contribution in [0.3, 0.4) is 0 Å². The van der Waals surface area contributed by atoms with Crippen LogP contribution < -0.4 is 5.32 Å². The van der Waals surface area contributed by atoms with Crippen molar-refractivity contribution in [1.29, 1.82) is 0 Å². The molecule has 1 heterocycles. The van der Waals surface area contributed by atoms with Gasteiger partial charge in [0.05, 0.1) is 11.7 Å². The van der Waals surface area contributed by atoms with E-state index in [1.165, 1.54) is 27.8 Å².